The number of hydrogen-bond donors (Lipinski definition) is 3. The summed E-state index contributed by atoms with van der Waals surface area (Å²) in [5, 5.41) is 21.3. The summed E-state index contributed by atoms with van der Waals surface area (Å²) in [6.45, 7) is 0. The molecule has 3 N–H and O–H groups in total. The number of phenolic OH excluding ortho intramolecular Hbond substituents is 2. The van der Waals surface area contributed by atoms with E-state index in [0.717, 1.165) is 0 Å². The SMILES string of the molecule is O=C(Nc1cncc(Cl)n1)c1cccc(O)c1O. The van der Waals surface area contributed by atoms with E-state index in [9.17, 15) is 15.0 Å². The minimum absolute atomic E-state index is 0.0724. The molecule has 0 aliphatic rings. The smallest absolute Gasteiger partial charge is 0.260 e. The molecule has 1 heterocycles. The third kappa shape index (κ3) is 2.49. The van der Waals surface area contributed by atoms with E-state index in [1.807, 2.05) is 0 Å². The second kappa shape index (κ2) is 4.89. The Kier molecular flexibility index (Phi) is 3.29. The predicted octanol–water partition coefficient (Wildman–Crippen LogP) is 1.79. The lowest BCUT2D eigenvalue weighted by atomic mass is 10.1. The molecule has 0 atom stereocenters. The van der Waals surface area contributed by atoms with Crippen LogP contribution in [0.5, 0.6) is 11.5 Å². The van der Waals surface area contributed by atoms with Gasteiger partial charge in [0.1, 0.15) is 5.15 Å². The third-order valence-electron chi connectivity index (χ3n) is 2.11. The highest BCUT2D eigenvalue weighted by molar-refractivity contribution is 6.29. The van der Waals surface area contributed by atoms with E-state index in [1.165, 1.54) is 30.6 Å². The highest BCUT2D eigenvalue weighted by Crippen LogP contribution is 2.28. The molecule has 0 aliphatic carbocycles. The zero-order chi connectivity index (χ0) is 13.1. The number of benzene rings is 1. The van der Waals surface area contributed by atoms with Crippen LogP contribution in [-0.4, -0.2) is 26.1 Å². The van der Waals surface area contributed by atoms with E-state index >= 15 is 0 Å². The first-order valence-electron chi connectivity index (χ1n) is 4.88. The number of hydrogen-bond acceptors (Lipinski definition) is 5. The minimum Gasteiger partial charge on any atom is -0.504 e. The van der Waals surface area contributed by atoms with Crippen LogP contribution in [-0.2, 0) is 0 Å². The fourth-order valence-electron chi connectivity index (χ4n) is 1.30. The molecule has 0 radical (unpaired) electrons. The number of amides is 1. The molecule has 2 rings (SSSR count). The number of rotatable bonds is 2. The summed E-state index contributed by atoms with van der Waals surface area (Å²) in [6.07, 6.45) is 2.63. The van der Waals surface area contributed by atoms with Gasteiger partial charge in [0.05, 0.1) is 18.0 Å². The maximum Gasteiger partial charge on any atom is 0.260 e. The summed E-state index contributed by atoms with van der Waals surface area (Å²) >= 11 is 5.62. The molecule has 0 fully saturated rings. The average molecular weight is 266 g/mol. The molecule has 0 unspecified atom stereocenters. The quantitative estimate of drug-likeness (QED) is 0.720. The molecule has 18 heavy (non-hydrogen) atoms. The second-order valence-corrected chi connectivity index (χ2v) is 3.74. The van der Waals surface area contributed by atoms with Gasteiger partial charge in [-0.1, -0.05) is 17.7 Å². The molecule has 0 saturated heterocycles. The number of nitrogens with one attached hydrogen (secondary N) is 1. The van der Waals surface area contributed by atoms with Gasteiger partial charge >= 0.3 is 0 Å². The van der Waals surface area contributed by atoms with Crippen LogP contribution in [0.4, 0.5) is 5.82 Å². The van der Waals surface area contributed by atoms with E-state index in [0.29, 0.717) is 0 Å². The Morgan fingerprint density at radius 3 is 2.78 bits per heavy atom. The minimum atomic E-state index is -0.625. The number of aromatic nitrogens is 2. The summed E-state index contributed by atoms with van der Waals surface area (Å²) in [6, 6.07) is 4.07. The number of halogens is 1. The number of carbonyl (C=O) groups is 1. The van der Waals surface area contributed by atoms with Crippen LogP contribution in [0.2, 0.25) is 5.15 Å². The first-order chi connectivity index (χ1) is 8.58. The largest absolute Gasteiger partial charge is 0.504 e. The van der Waals surface area contributed by atoms with Gasteiger partial charge in [-0.25, -0.2) is 4.98 Å². The summed E-state index contributed by atoms with van der Waals surface area (Å²) in [5.74, 6) is -1.35. The molecule has 0 saturated carbocycles. The Balaban J connectivity index is 2.25. The number of carbonyl (C=O) groups excluding carboxylic acids is 1. The number of para-hydroxylation sites is 1. The molecule has 0 bridgehead atoms. The monoisotopic (exact) mass is 265 g/mol. The van der Waals surface area contributed by atoms with E-state index in [4.69, 9.17) is 11.6 Å². The van der Waals surface area contributed by atoms with Crippen molar-refractivity contribution in [2.24, 2.45) is 0 Å². The van der Waals surface area contributed by atoms with Gasteiger partial charge in [0.25, 0.3) is 5.91 Å². The molecule has 1 aromatic carbocycles. The van der Waals surface area contributed by atoms with Crippen molar-refractivity contribution >= 4 is 23.3 Å². The van der Waals surface area contributed by atoms with Gasteiger partial charge in [0.2, 0.25) is 0 Å². The van der Waals surface area contributed by atoms with E-state index < -0.39 is 11.7 Å². The zero-order valence-electron chi connectivity index (χ0n) is 8.96. The average Bonchev–Trinajstić information content (AvgIpc) is 2.32. The Hall–Kier alpha value is -2.34. The summed E-state index contributed by atoms with van der Waals surface area (Å²) in [4.78, 5) is 19.4. The Morgan fingerprint density at radius 2 is 2.06 bits per heavy atom. The summed E-state index contributed by atoms with van der Waals surface area (Å²) < 4.78 is 0. The Morgan fingerprint density at radius 1 is 1.28 bits per heavy atom. The fraction of sp³-hybridized carbons (Fsp3) is 0. The van der Waals surface area contributed by atoms with E-state index in [1.54, 1.807) is 0 Å². The van der Waals surface area contributed by atoms with Crippen LogP contribution in [0.3, 0.4) is 0 Å². The van der Waals surface area contributed by atoms with Gasteiger partial charge in [-0.2, -0.15) is 0 Å². The van der Waals surface area contributed by atoms with Gasteiger partial charge in [-0.05, 0) is 12.1 Å². The van der Waals surface area contributed by atoms with Crippen molar-refractivity contribution in [2.45, 2.75) is 0 Å². The molecular formula is C11H8ClN3O3. The third-order valence-corrected chi connectivity index (χ3v) is 2.29. The van der Waals surface area contributed by atoms with E-state index in [2.05, 4.69) is 15.3 Å². The van der Waals surface area contributed by atoms with Crippen LogP contribution < -0.4 is 5.32 Å². The zero-order valence-corrected chi connectivity index (χ0v) is 9.72. The van der Waals surface area contributed by atoms with Crippen LogP contribution in [0.15, 0.2) is 30.6 Å². The van der Waals surface area contributed by atoms with Gasteiger partial charge in [-0.15, -0.1) is 0 Å². The van der Waals surface area contributed by atoms with Gasteiger partial charge in [-0.3, -0.25) is 9.78 Å². The maximum atomic E-state index is 11.8. The van der Waals surface area contributed by atoms with Crippen LogP contribution in [0, 0.1) is 0 Å². The molecule has 7 heteroatoms. The lowest BCUT2D eigenvalue weighted by Gasteiger charge is -2.06. The van der Waals surface area contributed by atoms with E-state index in [-0.39, 0.29) is 22.3 Å². The van der Waals surface area contributed by atoms with Crippen molar-refractivity contribution in [1.29, 1.82) is 0 Å². The Labute approximate surface area is 107 Å². The number of anilines is 1. The molecular weight excluding hydrogens is 258 g/mol. The van der Waals surface area contributed by atoms with Gasteiger partial charge in [0.15, 0.2) is 17.3 Å². The standard InChI is InChI=1S/C11H8ClN3O3/c12-8-4-13-5-9(14-8)15-11(18)6-2-1-3-7(16)10(6)17/h1-5,16-17H,(H,14,15,18). The number of aromatic hydroxyl groups is 2. The van der Waals surface area contributed by atoms with Crippen molar-refractivity contribution in [1.82, 2.24) is 9.97 Å². The molecule has 1 amide bonds. The molecule has 92 valence electrons. The van der Waals surface area contributed by atoms with Crippen molar-refractivity contribution in [3.63, 3.8) is 0 Å². The maximum absolute atomic E-state index is 11.8. The van der Waals surface area contributed by atoms with Gasteiger partial charge < -0.3 is 15.5 Å². The number of phenols is 2. The first-order valence-corrected chi connectivity index (χ1v) is 5.25. The number of nitrogens with zero attached hydrogens (tertiary/aromatic N) is 2. The summed E-state index contributed by atoms with van der Waals surface area (Å²) in [7, 11) is 0. The first kappa shape index (κ1) is 12.1. The van der Waals surface area contributed by atoms with Crippen LogP contribution in [0.25, 0.3) is 0 Å². The topological polar surface area (TPSA) is 95.3 Å². The van der Waals surface area contributed by atoms with Crippen LogP contribution in [0.1, 0.15) is 10.4 Å². The second-order valence-electron chi connectivity index (χ2n) is 3.35. The van der Waals surface area contributed by atoms with Crippen molar-refractivity contribution < 1.29 is 15.0 Å². The Bertz CT molecular complexity index is 604. The lowest BCUT2D eigenvalue weighted by Crippen LogP contribution is -2.13. The fourth-order valence-corrected chi connectivity index (χ4v) is 1.45. The highest BCUT2D eigenvalue weighted by atomic mass is 35.5. The predicted molar refractivity (Wildman–Crippen MR) is 64.8 cm³/mol. The molecule has 2 aromatic rings. The van der Waals surface area contributed by atoms with Crippen LogP contribution >= 0.6 is 11.6 Å². The normalized spacial score (nSPS) is 10.1. The highest BCUT2D eigenvalue weighted by Gasteiger charge is 2.14. The molecule has 0 aliphatic heterocycles. The summed E-state index contributed by atoms with van der Waals surface area (Å²) in [5.41, 5.74) is -0.0724. The lowest BCUT2D eigenvalue weighted by molar-refractivity contribution is 0.102. The molecule has 1 aromatic heterocycles. The van der Waals surface area contributed by atoms with Gasteiger partial charge in [0, 0.05) is 0 Å². The molecule has 6 nitrogen and oxygen atoms in total. The van der Waals surface area contributed by atoms with Crippen molar-refractivity contribution in [3.8, 4) is 11.5 Å². The molecule has 0 spiro atoms. The van der Waals surface area contributed by atoms with Crippen molar-refractivity contribution in [3.05, 3.63) is 41.3 Å². The van der Waals surface area contributed by atoms with Crippen molar-refractivity contribution in [2.75, 3.05) is 5.32 Å².